The third-order valence-corrected chi connectivity index (χ3v) is 3.45. The Labute approximate surface area is 120 Å². The Morgan fingerprint density at radius 3 is 2.56 bits per heavy atom. The van der Waals surface area contributed by atoms with E-state index in [0.717, 1.165) is 12.2 Å². The number of aromatic nitrogens is 1. The minimum absolute atomic E-state index is 0.0392. The fourth-order valence-electron chi connectivity index (χ4n) is 1.69. The molecule has 0 unspecified atom stereocenters. The van der Waals surface area contributed by atoms with E-state index in [2.05, 4.69) is 52.2 Å². The lowest BCUT2D eigenvalue weighted by Gasteiger charge is -2.09. The number of halogens is 1. The van der Waals surface area contributed by atoms with E-state index < -0.39 is 0 Å². The third kappa shape index (κ3) is 3.35. The van der Waals surface area contributed by atoms with Gasteiger partial charge in [0.1, 0.15) is 0 Å². The van der Waals surface area contributed by atoms with Crippen LogP contribution in [0.1, 0.15) is 12.5 Å². The molecule has 0 atom stereocenters. The van der Waals surface area contributed by atoms with Gasteiger partial charge in [-0.3, -0.25) is 4.79 Å². The van der Waals surface area contributed by atoms with Gasteiger partial charge in [-0.05, 0) is 53.3 Å². The predicted octanol–water partition coefficient (Wildman–Crippen LogP) is 3.08. The molecule has 0 aliphatic carbocycles. The molecule has 2 rings (SSSR count). The summed E-state index contributed by atoms with van der Waals surface area (Å²) < 4.78 is 2.92. The van der Waals surface area contributed by atoms with Crippen LogP contribution in [-0.2, 0) is 13.1 Å². The predicted molar refractivity (Wildman–Crippen MR) is 82.9 cm³/mol. The van der Waals surface area contributed by atoms with Crippen molar-refractivity contribution in [3.63, 3.8) is 0 Å². The molecule has 0 radical (unpaired) electrons. The SMILES string of the molecule is CCn1cc(NCc2ccc(I)cc2)ccc1=O. The minimum Gasteiger partial charge on any atom is -0.380 e. The summed E-state index contributed by atoms with van der Waals surface area (Å²) in [5, 5.41) is 3.32. The van der Waals surface area contributed by atoms with Crippen molar-refractivity contribution in [1.29, 1.82) is 0 Å². The number of hydrogen-bond donors (Lipinski definition) is 1. The Morgan fingerprint density at radius 1 is 1.17 bits per heavy atom. The van der Waals surface area contributed by atoms with Gasteiger partial charge >= 0.3 is 0 Å². The lowest BCUT2D eigenvalue weighted by atomic mass is 10.2. The fraction of sp³-hybridized carbons (Fsp3) is 0.214. The summed E-state index contributed by atoms with van der Waals surface area (Å²) in [5.74, 6) is 0. The minimum atomic E-state index is 0.0392. The highest BCUT2D eigenvalue weighted by molar-refractivity contribution is 14.1. The van der Waals surface area contributed by atoms with Crippen LogP contribution >= 0.6 is 22.6 Å². The zero-order valence-corrected chi connectivity index (χ0v) is 12.3. The normalized spacial score (nSPS) is 10.3. The standard InChI is InChI=1S/C14H15IN2O/c1-2-17-10-13(7-8-14(17)18)16-9-11-3-5-12(15)6-4-11/h3-8,10,16H,2,9H2,1H3. The zero-order valence-electron chi connectivity index (χ0n) is 10.2. The lowest BCUT2D eigenvalue weighted by molar-refractivity contribution is 0.727. The van der Waals surface area contributed by atoms with Crippen LogP contribution in [-0.4, -0.2) is 4.57 Å². The molecule has 18 heavy (non-hydrogen) atoms. The molecule has 0 fully saturated rings. The van der Waals surface area contributed by atoms with Crippen molar-refractivity contribution in [1.82, 2.24) is 4.57 Å². The number of nitrogens with zero attached hydrogens (tertiary/aromatic N) is 1. The van der Waals surface area contributed by atoms with Crippen LogP contribution in [0.25, 0.3) is 0 Å². The van der Waals surface area contributed by atoms with Gasteiger partial charge < -0.3 is 9.88 Å². The molecule has 0 spiro atoms. The summed E-state index contributed by atoms with van der Waals surface area (Å²) in [4.78, 5) is 11.4. The van der Waals surface area contributed by atoms with E-state index in [4.69, 9.17) is 0 Å². The summed E-state index contributed by atoms with van der Waals surface area (Å²) >= 11 is 2.29. The number of pyridine rings is 1. The van der Waals surface area contributed by atoms with E-state index in [1.807, 2.05) is 19.2 Å². The van der Waals surface area contributed by atoms with E-state index in [1.165, 1.54) is 9.13 Å². The first-order chi connectivity index (χ1) is 8.69. The second-order valence-electron chi connectivity index (χ2n) is 4.02. The van der Waals surface area contributed by atoms with Crippen molar-refractivity contribution in [2.45, 2.75) is 20.0 Å². The molecule has 0 saturated carbocycles. The van der Waals surface area contributed by atoms with Gasteiger partial charge in [0.25, 0.3) is 5.56 Å². The van der Waals surface area contributed by atoms with E-state index in [9.17, 15) is 4.79 Å². The topological polar surface area (TPSA) is 34.0 Å². The molecule has 4 heteroatoms. The summed E-state index contributed by atoms with van der Waals surface area (Å²) in [6, 6.07) is 11.8. The van der Waals surface area contributed by atoms with E-state index in [0.29, 0.717) is 6.54 Å². The van der Waals surface area contributed by atoms with Crippen LogP contribution in [0.4, 0.5) is 5.69 Å². The number of nitrogens with one attached hydrogen (secondary N) is 1. The molecule has 1 N–H and O–H groups in total. The van der Waals surface area contributed by atoms with Gasteiger partial charge in [-0.15, -0.1) is 0 Å². The number of anilines is 1. The van der Waals surface area contributed by atoms with Crippen molar-refractivity contribution in [2.24, 2.45) is 0 Å². The van der Waals surface area contributed by atoms with E-state index >= 15 is 0 Å². The molecule has 0 bridgehead atoms. The van der Waals surface area contributed by atoms with Crippen LogP contribution in [0.15, 0.2) is 47.4 Å². The smallest absolute Gasteiger partial charge is 0.250 e. The second-order valence-corrected chi connectivity index (χ2v) is 5.27. The molecule has 0 amide bonds. The average Bonchev–Trinajstić information content (AvgIpc) is 2.39. The monoisotopic (exact) mass is 354 g/mol. The first-order valence-corrected chi connectivity index (χ1v) is 6.95. The first kappa shape index (κ1) is 13.1. The first-order valence-electron chi connectivity index (χ1n) is 5.88. The Bertz CT molecular complexity index is 575. The van der Waals surface area contributed by atoms with Gasteiger partial charge in [0.2, 0.25) is 0 Å². The van der Waals surface area contributed by atoms with Crippen molar-refractivity contribution >= 4 is 28.3 Å². The van der Waals surface area contributed by atoms with Crippen LogP contribution in [0.2, 0.25) is 0 Å². The second kappa shape index (κ2) is 6.04. The molecule has 1 aromatic carbocycles. The van der Waals surface area contributed by atoms with Gasteiger partial charge in [-0.25, -0.2) is 0 Å². The summed E-state index contributed by atoms with van der Waals surface area (Å²) in [6.07, 6.45) is 1.86. The Kier molecular flexibility index (Phi) is 4.41. The van der Waals surface area contributed by atoms with Crippen molar-refractivity contribution in [3.05, 3.63) is 62.1 Å². The Balaban J connectivity index is 2.06. The highest BCUT2D eigenvalue weighted by atomic mass is 127. The average molecular weight is 354 g/mol. The summed E-state index contributed by atoms with van der Waals surface area (Å²) in [6.45, 7) is 3.42. The van der Waals surface area contributed by atoms with Gasteiger partial charge in [-0.2, -0.15) is 0 Å². The lowest BCUT2D eigenvalue weighted by Crippen LogP contribution is -2.17. The van der Waals surface area contributed by atoms with E-state index in [1.54, 1.807) is 10.6 Å². The molecule has 3 nitrogen and oxygen atoms in total. The number of rotatable bonds is 4. The summed E-state index contributed by atoms with van der Waals surface area (Å²) in [5.41, 5.74) is 2.23. The maximum atomic E-state index is 11.4. The molecule has 1 heterocycles. The van der Waals surface area contributed by atoms with Crippen molar-refractivity contribution in [2.75, 3.05) is 5.32 Å². The number of aryl methyl sites for hydroxylation is 1. The van der Waals surface area contributed by atoms with Crippen LogP contribution in [0.3, 0.4) is 0 Å². The molecule has 2 aromatic rings. The maximum Gasteiger partial charge on any atom is 0.250 e. The van der Waals surface area contributed by atoms with Gasteiger partial charge in [0.15, 0.2) is 0 Å². The molecule has 0 saturated heterocycles. The molecular formula is C14H15IN2O. The van der Waals surface area contributed by atoms with E-state index in [-0.39, 0.29) is 5.56 Å². The Hall–Kier alpha value is -1.30. The highest BCUT2D eigenvalue weighted by Gasteiger charge is 1.97. The van der Waals surface area contributed by atoms with Crippen LogP contribution in [0, 0.1) is 3.57 Å². The molecule has 94 valence electrons. The fourth-order valence-corrected chi connectivity index (χ4v) is 2.05. The number of benzene rings is 1. The Morgan fingerprint density at radius 2 is 1.89 bits per heavy atom. The zero-order chi connectivity index (χ0) is 13.0. The summed E-state index contributed by atoms with van der Waals surface area (Å²) in [7, 11) is 0. The third-order valence-electron chi connectivity index (χ3n) is 2.73. The van der Waals surface area contributed by atoms with Crippen LogP contribution in [0.5, 0.6) is 0 Å². The largest absolute Gasteiger partial charge is 0.380 e. The highest BCUT2D eigenvalue weighted by Crippen LogP contribution is 2.10. The molecule has 1 aromatic heterocycles. The van der Waals surface area contributed by atoms with Crippen molar-refractivity contribution in [3.8, 4) is 0 Å². The van der Waals surface area contributed by atoms with Crippen molar-refractivity contribution < 1.29 is 0 Å². The van der Waals surface area contributed by atoms with Gasteiger partial charge in [0, 0.05) is 28.9 Å². The molecule has 0 aliphatic rings. The van der Waals surface area contributed by atoms with Crippen LogP contribution < -0.4 is 10.9 Å². The quantitative estimate of drug-likeness (QED) is 0.857. The number of hydrogen-bond acceptors (Lipinski definition) is 2. The molecule has 0 aliphatic heterocycles. The maximum absolute atomic E-state index is 11.4. The van der Waals surface area contributed by atoms with Gasteiger partial charge in [-0.1, -0.05) is 12.1 Å². The van der Waals surface area contributed by atoms with Gasteiger partial charge in [0.05, 0.1) is 5.69 Å². The molecular weight excluding hydrogens is 339 g/mol.